The number of fused-ring (bicyclic) bond motifs is 1. The largest absolute Gasteiger partial charge is 0.481 e. The van der Waals surface area contributed by atoms with Gasteiger partial charge in [-0.1, -0.05) is 194 Å². The molecular formula is C62H73N7O10. The summed E-state index contributed by atoms with van der Waals surface area (Å²) < 4.78 is 0. The van der Waals surface area contributed by atoms with Crippen molar-refractivity contribution in [3.05, 3.63) is 180 Å². The van der Waals surface area contributed by atoms with Gasteiger partial charge in [-0.2, -0.15) is 0 Å². The van der Waals surface area contributed by atoms with Crippen molar-refractivity contribution in [2.75, 3.05) is 0 Å². The van der Waals surface area contributed by atoms with Gasteiger partial charge in [0.25, 0.3) is 0 Å². The van der Waals surface area contributed by atoms with Gasteiger partial charge in [0, 0.05) is 29.4 Å². The van der Waals surface area contributed by atoms with Gasteiger partial charge < -0.3 is 47.1 Å². The average Bonchev–Trinajstić information content (AvgIpc) is 3.90. The van der Waals surface area contributed by atoms with E-state index < -0.39 is 114 Å². The maximum atomic E-state index is 15.2. The fraction of sp³-hybridized carbons (Fsp3) is 0.355. The van der Waals surface area contributed by atoms with Gasteiger partial charge in [-0.05, 0) is 58.1 Å². The molecule has 6 aromatic rings. The molecule has 0 aliphatic carbocycles. The first-order valence-electron chi connectivity index (χ1n) is 26.9. The van der Waals surface area contributed by atoms with Crippen LogP contribution in [0.3, 0.4) is 0 Å². The highest BCUT2D eigenvalue weighted by atomic mass is 16.4. The van der Waals surface area contributed by atoms with Crippen molar-refractivity contribution in [1.82, 2.24) is 36.9 Å². The summed E-state index contributed by atoms with van der Waals surface area (Å²) in [7, 11) is 0. The summed E-state index contributed by atoms with van der Waals surface area (Å²) >= 11 is 0. The van der Waals surface area contributed by atoms with Gasteiger partial charge >= 0.3 is 11.9 Å². The number of carbonyl (C=O) groups excluding carboxylic acids is 6. The van der Waals surface area contributed by atoms with Gasteiger partial charge in [-0.3, -0.25) is 33.6 Å². The predicted octanol–water partition coefficient (Wildman–Crippen LogP) is 6.98. The zero-order valence-corrected chi connectivity index (χ0v) is 45.5. The molecule has 5 aromatic carbocycles. The number of para-hydroxylation sites is 1. The highest BCUT2D eigenvalue weighted by Crippen LogP contribution is 2.31. The van der Waals surface area contributed by atoms with Crippen molar-refractivity contribution in [3.63, 3.8) is 0 Å². The predicted molar refractivity (Wildman–Crippen MR) is 301 cm³/mol. The Hall–Kier alpha value is -8.60. The van der Waals surface area contributed by atoms with Crippen LogP contribution in [0, 0.1) is 17.8 Å². The highest BCUT2D eigenvalue weighted by Gasteiger charge is 2.40. The molecule has 0 unspecified atom stereocenters. The number of rotatable bonds is 28. The van der Waals surface area contributed by atoms with E-state index in [2.05, 4.69) is 36.9 Å². The number of aromatic nitrogens is 1. The molecule has 0 aliphatic rings. The molecule has 0 bridgehead atoms. The molecule has 0 saturated carbocycles. The Kier molecular flexibility index (Phi) is 21.7. The molecular weight excluding hydrogens is 1000 g/mol. The molecule has 0 spiro atoms. The Morgan fingerprint density at radius 1 is 0.456 bits per heavy atom. The van der Waals surface area contributed by atoms with Crippen molar-refractivity contribution in [1.29, 1.82) is 0 Å². The molecule has 6 amide bonds. The smallest absolute Gasteiger partial charge is 0.326 e. The molecule has 1 aromatic heterocycles. The number of hydrogen-bond donors (Lipinski definition) is 9. The summed E-state index contributed by atoms with van der Waals surface area (Å²) in [6.45, 7) is 10.6. The number of amides is 6. The Morgan fingerprint density at radius 2 is 0.861 bits per heavy atom. The van der Waals surface area contributed by atoms with Crippen LogP contribution in [-0.2, 0) is 44.8 Å². The molecule has 0 saturated heterocycles. The van der Waals surface area contributed by atoms with Crippen LogP contribution in [0.5, 0.6) is 0 Å². The molecule has 79 heavy (non-hydrogen) atoms. The van der Waals surface area contributed by atoms with Gasteiger partial charge in [0.15, 0.2) is 0 Å². The highest BCUT2D eigenvalue weighted by molar-refractivity contribution is 5.99. The van der Waals surface area contributed by atoms with Crippen LogP contribution in [0.1, 0.15) is 107 Å². The number of carboxylic acid groups (broad SMARTS) is 2. The second kappa shape index (κ2) is 28.7. The number of H-pyrrole nitrogens is 1. The topological polar surface area (TPSA) is 265 Å². The van der Waals surface area contributed by atoms with Gasteiger partial charge in [0.2, 0.25) is 35.4 Å². The van der Waals surface area contributed by atoms with E-state index in [1.54, 1.807) is 33.9 Å². The van der Waals surface area contributed by atoms with Crippen LogP contribution in [0.15, 0.2) is 152 Å². The maximum absolute atomic E-state index is 15.2. The van der Waals surface area contributed by atoms with E-state index in [-0.39, 0.29) is 18.8 Å². The van der Waals surface area contributed by atoms with Gasteiger partial charge in [0.05, 0.1) is 12.3 Å². The number of carboxylic acids is 2. The standard InChI is InChI=1S/C62H73N7O10/c1-7-38(5)53(59(75)66-49(62(78)79)34-44-36-63-46-32-22-21-31-45(44)46)68-60(76)54(39(6)8-2)67-57(73)48(35-50(70)71)64-56(72)47(33-37(3)4)65-61(77)55(51(40-23-13-9-14-24-40)41-25-15-10-16-26-41)69-58(74)52(42-27-17-11-18-28-42)43-29-19-12-20-30-43/h9-32,36-39,47-49,51-55,63H,7-8,33-35H2,1-6H3,(H,64,72)(H,65,77)(H,66,75)(H,67,73)(H,68,76)(H,69,74)(H,70,71)(H,78,79)/t38-,39-,47-,48-,49-,53-,54-,55+/m0/s1. The lowest BCUT2D eigenvalue weighted by Gasteiger charge is -2.32. The van der Waals surface area contributed by atoms with Crippen LogP contribution in [0.25, 0.3) is 10.9 Å². The normalized spacial score (nSPS) is 14.4. The maximum Gasteiger partial charge on any atom is 0.326 e. The quantitative estimate of drug-likeness (QED) is 0.0243. The number of aromatic amines is 1. The number of carbonyl (C=O) groups is 8. The van der Waals surface area contributed by atoms with Crippen molar-refractivity contribution in [3.8, 4) is 0 Å². The monoisotopic (exact) mass is 1080 g/mol. The lowest BCUT2D eigenvalue weighted by molar-refractivity contribution is -0.142. The fourth-order valence-corrected chi connectivity index (χ4v) is 9.72. The number of hydrogen-bond acceptors (Lipinski definition) is 8. The molecule has 1 heterocycles. The van der Waals surface area contributed by atoms with Crippen LogP contribution >= 0.6 is 0 Å². The summed E-state index contributed by atoms with van der Waals surface area (Å²) in [5, 5.41) is 37.6. The SMILES string of the molecule is CC[C@H](C)[C@H](NC(=O)[C@H](CC(=O)O)NC(=O)[C@H](CC(C)C)NC(=O)[C@H](NC(=O)C(c1ccccc1)c1ccccc1)C(c1ccccc1)c1ccccc1)C(=O)N[C@H](C(=O)N[C@@H](Cc1c[nH]c2ccccc12)C(=O)O)[C@@H](C)CC. The molecule has 0 fully saturated rings. The zero-order valence-electron chi connectivity index (χ0n) is 45.5. The van der Waals surface area contributed by atoms with Gasteiger partial charge in [-0.25, -0.2) is 4.79 Å². The fourth-order valence-electron chi connectivity index (χ4n) is 9.72. The first-order chi connectivity index (χ1) is 37.9. The Bertz CT molecular complexity index is 2930. The summed E-state index contributed by atoms with van der Waals surface area (Å²) in [5.41, 5.74) is 4.19. The van der Waals surface area contributed by atoms with Gasteiger partial charge in [-0.15, -0.1) is 0 Å². The average molecular weight is 1080 g/mol. The molecule has 416 valence electrons. The number of aliphatic carboxylic acids is 2. The van der Waals surface area contributed by atoms with E-state index in [9.17, 15) is 43.8 Å². The van der Waals surface area contributed by atoms with E-state index in [1.807, 2.05) is 159 Å². The zero-order chi connectivity index (χ0) is 57.2. The van der Waals surface area contributed by atoms with Crippen LogP contribution in [0.2, 0.25) is 0 Å². The molecule has 8 atom stereocenters. The molecule has 17 nitrogen and oxygen atoms in total. The van der Waals surface area contributed by atoms with E-state index >= 15 is 4.79 Å². The van der Waals surface area contributed by atoms with Crippen molar-refractivity contribution < 1.29 is 48.6 Å². The minimum atomic E-state index is -1.76. The van der Waals surface area contributed by atoms with Crippen LogP contribution in [0.4, 0.5) is 0 Å². The molecule has 0 radical (unpaired) electrons. The van der Waals surface area contributed by atoms with E-state index in [4.69, 9.17) is 0 Å². The summed E-state index contributed by atoms with van der Waals surface area (Å²) in [5.74, 6) is -10.4. The molecule has 9 N–H and O–H groups in total. The first-order valence-corrected chi connectivity index (χ1v) is 26.9. The van der Waals surface area contributed by atoms with E-state index in [1.165, 1.54) is 0 Å². The third kappa shape index (κ3) is 16.2. The lowest BCUT2D eigenvalue weighted by Crippen LogP contribution is -2.61. The third-order valence-corrected chi connectivity index (χ3v) is 14.4. The summed E-state index contributed by atoms with van der Waals surface area (Å²) in [6, 6.07) is 35.5. The minimum Gasteiger partial charge on any atom is -0.481 e. The Balaban J connectivity index is 1.26. The lowest BCUT2D eigenvalue weighted by atomic mass is 9.83. The second-order valence-corrected chi connectivity index (χ2v) is 20.6. The third-order valence-electron chi connectivity index (χ3n) is 14.4. The molecule has 0 aliphatic heterocycles. The van der Waals surface area contributed by atoms with Gasteiger partial charge in [0.1, 0.15) is 36.3 Å². The van der Waals surface area contributed by atoms with Crippen LogP contribution in [-0.4, -0.2) is 98.8 Å². The first kappa shape index (κ1) is 59.6. The Labute approximate surface area is 461 Å². The summed E-state index contributed by atoms with van der Waals surface area (Å²) in [4.78, 5) is 116. The second-order valence-electron chi connectivity index (χ2n) is 20.6. The number of nitrogens with one attached hydrogen (secondary N) is 7. The molecule has 17 heteroatoms. The van der Waals surface area contributed by atoms with Crippen molar-refractivity contribution >= 4 is 58.3 Å². The van der Waals surface area contributed by atoms with E-state index in [0.717, 1.165) is 10.9 Å². The Morgan fingerprint density at radius 3 is 1.34 bits per heavy atom. The minimum absolute atomic E-state index is 0.0269. The summed E-state index contributed by atoms with van der Waals surface area (Å²) in [6.07, 6.45) is 1.47. The van der Waals surface area contributed by atoms with Crippen molar-refractivity contribution in [2.45, 2.75) is 122 Å². The van der Waals surface area contributed by atoms with Crippen LogP contribution < -0.4 is 31.9 Å². The molecule has 6 rings (SSSR count). The van der Waals surface area contributed by atoms with E-state index in [0.29, 0.717) is 40.7 Å². The van der Waals surface area contributed by atoms with Crippen molar-refractivity contribution in [2.24, 2.45) is 17.8 Å². The number of benzene rings is 5.